The molecule has 0 radical (unpaired) electrons. The zero-order valence-corrected chi connectivity index (χ0v) is 20.3. The molecule has 172 valence electrons. The van der Waals surface area contributed by atoms with E-state index in [1.54, 1.807) is 36.4 Å². The number of rotatable bonds is 6. The molecule has 4 rings (SSSR count). The lowest BCUT2D eigenvalue weighted by atomic mass is 9.89. The summed E-state index contributed by atoms with van der Waals surface area (Å²) in [4.78, 5) is 12.9. The van der Waals surface area contributed by atoms with Gasteiger partial charge in [0, 0.05) is 17.6 Å². The minimum atomic E-state index is -3.73. The summed E-state index contributed by atoms with van der Waals surface area (Å²) >= 11 is 5.87. The van der Waals surface area contributed by atoms with E-state index in [2.05, 4.69) is 23.5 Å². The Labute approximate surface area is 200 Å². The number of carbonyl (C=O) groups excluding carboxylic acids is 1. The molecule has 1 atom stereocenters. The van der Waals surface area contributed by atoms with Crippen LogP contribution in [0.15, 0.2) is 71.6 Å². The molecule has 0 heterocycles. The Morgan fingerprint density at radius 3 is 2.24 bits per heavy atom. The number of carbonyl (C=O) groups is 1. The van der Waals surface area contributed by atoms with Crippen molar-refractivity contribution in [2.75, 3.05) is 11.4 Å². The van der Waals surface area contributed by atoms with Gasteiger partial charge in [-0.2, -0.15) is 0 Å². The molecule has 1 N–H and O–H groups in total. The number of hydrogen-bond acceptors (Lipinski definition) is 3. The Balaban J connectivity index is 1.45. The van der Waals surface area contributed by atoms with Crippen molar-refractivity contribution in [3.63, 3.8) is 0 Å². The Bertz CT molecular complexity index is 1260. The molecule has 7 heteroatoms. The first-order chi connectivity index (χ1) is 15.8. The van der Waals surface area contributed by atoms with Crippen LogP contribution in [-0.2, 0) is 22.9 Å². The van der Waals surface area contributed by atoms with Gasteiger partial charge in [-0.15, -0.1) is 0 Å². The molecule has 0 bridgehead atoms. The zero-order valence-electron chi connectivity index (χ0n) is 18.7. The van der Waals surface area contributed by atoms with Gasteiger partial charge in [0.25, 0.3) is 15.9 Å². The van der Waals surface area contributed by atoms with E-state index in [1.165, 1.54) is 47.5 Å². The summed E-state index contributed by atoms with van der Waals surface area (Å²) in [5.41, 5.74) is 4.82. The summed E-state index contributed by atoms with van der Waals surface area (Å²) in [6.07, 6.45) is 4.68. The molecule has 5 nitrogen and oxygen atoms in total. The number of sulfonamides is 1. The first kappa shape index (κ1) is 23.3. The van der Waals surface area contributed by atoms with Gasteiger partial charge in [-0.25, -0.2) is 8.42 Å². The van der Waals surface area contributed by atoms with Gasteiger partial charge in [-0.05, 0) is 97.8 Å². The quantitative estimate of drug-likeness (QED) is 0.502. The molecule has 1 amide bonds. The van der Waals surface area contributed by atoms with Crippen LogP contribution >= 0.6 is 11.6 Å². The average Bonchev–Trinajstić information content (AvgIpc) is 2.83. The lowest BCUT2D eigenvalue weighted by molar-refractivity contribution is 0.0940. The summed E-state index contributed by atoms with van der Waals surface area (Å²) in [6.45, 7) is 1.98. The van der Waals surface area contributed by atoms with Crippen molar-refractivity contribution in [3.05, 3.63) is 94.0 Å². The highest BCUT2D eigenvalue weighted by atomic mass is 35.5. The van der Waals surface area contributed by atoms with E-state index in [9.17, 15) is 13.2 Å². The van der Waals surface area contributed by atoms with Crippen LogP contribution in [-0.4, -0.2) is 21.4 Å². The largest absolute Gasteiger partial charge is 0.346 e. The van der Waals surface area contributed by atoms with Crippen LogP contribution in [0.3, 0.4) is 0 Å². The fraction of sp³-hybridized carbons (Fsp3) is 0.269. The Hall–Kier alpha value is -2.83. The maximum Gasteiger partial charge on any atom is 0.264 e. The number of benzene rings is 3. The molecule has 0 saturated heterocycles. The molecule has 0 spiro atoms. The van der Waals surface area contributed by atoms with Gasteiger partial charge in [0.15, 0.2) is 0 Å². The third-order valence-electron chi connectivity index (χ3n) is 6.19. The van der Waals surface area contributed by atoms with Crippen molar-refractivity contribution in [2.45, 2.75) is 43.5 Å². The summed E-state index contributed by atoms with van der Waals surface area (Å²) in [5, 5.41) is 3.52. The Morgan fingerprint density at radius 1 is 0.939 bits per heavy atom. The number of hydrogen-bond donors (Lipinski definition) is 1. The van der Waals surface area contributed by atoms with Crippen LogP contribution in [0.25, 0.3) is 0 Å². The van der Waals surface area contributed by atoms with Gasteiger partial charge in [0.2, 0.25) is 0 Å². The van der Waals surface area contributed by atoms with Crippen LogP contribution in [0, 0.1) is 0 Å². The van der Waals surface area contributed by atoms with E-state index >= 15 is 0 Å². The number of aryl methyl sites for hydroxylation is 2. The lowest BCUT2D eigenvalue weighted by Crippen LogP contribution is -2.28. The normalized spacial score (nSPS) is 14.3. The first-order valence-corrected chi connectivity index (χ1v) is 12.8. The molecular weight excluding hydrogens is 456 g/mol. The van der Waals surface area contributed by atoms with Crippen molar-refractivity contribution in [1.82, 2.24) is 5.32 Å². The summed E-state index contributed by atoms with van der Waals surface area (Å²) < 4.78 is 26.9. The SMILES string of the molecule is C[C@H](NC(=O)c1ccc(N(C)S(=O)(=O)c2ccc(Cl)cc2)cc1)c1ccc2c(c1)CCCC2. The fourth-order valence-electron chi connectivity index (χ4n) is 4.11. The molecule has 3 aromatic carbocycles. The molecular formula is C26H27ClN2O3S. The second-order valence-electron chi connectivity index (χ2n) is 8.40. The van der Waals surface area contributed by atoms with Crippen molar-refractivity contribution in [3.8, 4) is 0 Å². The number of halogens is 1. The maximum absolute atomic E-state index is 12.9. The molecule has 1 aliphatic rings. The first-order valence-electron chi connectivity index (χ1n) is 11.0. The van der Waals surface area contributed by atoms with E-state index in [1.807, 2.05) is 6.92 Å². The fourth-order valence-corrected chi connectivity index (χ4v) is 5.43. The maximum atomic E-state index is 12.9. The standard InChI is InChI=1S/C26H27ClN2O3S/c1-18(21-8-7-19-5-3-4-6-22(19)17-21)28-26(30)20-9-13-24(14-10-20)29(2)33(31,32)25-15-11-23(27)12-16-25/h7-18H,3-6H2,1-2H3,(H,28,30)/t18-/m0/s1. The van der Waals surface area contributed by atoms with Crippen LogP contribution in [0.4, 0.5) is 5.69 Å². The molecule has 0 unspecified atom stereocenters. The molecule has 0 fully saturated rings. The highest BCUT2D eigenvalue weighted by Crippen LogP contribution is 2.26. The topological polar surface area (TPSA) is 66.5 Å². The highest BCUT2D eigenvalue weighted by molar-refractivity contribution is 7.92. The number of nitrogens with zero attached hydrogens (tertiary/aromatic N) is 1. The third-order valence-corrected chi connectivity index (χ3v) is 8.24. The van der Waals surface area contributed by atoms with Crippen molar-refractivity contribution in [2.24, 2.45) is 0 Å². The van der Waals surface area contributed by atoms with Crippen molar-refractivity contribution < 1.29 is 13.2 Å². The predicted octanol–water partition coefficient (Wildman–Crippen LogP) is 5.53. The van der Waals surface area contributed by atoms with Gasteiger partial charge < -0.3 is 5.32 Å². The van der Waals surface area contributed by atoms with Crippen molar-refractivity contribution >= 4 is 33.2 Å². The minimum absolute atomic E-state index is 0.127. The summed E-state index contributed by atoms with van der Waals surface area (Å²) in [7, 11) is -2.25. The van der Waals surface area contributed by atoms with E-state index < -0.39 is 10.0 Å². The molecule has 0 saturated carbocycles. The third kappa shape index (κ3) is 5.07. The van der Waals surface area contributed by atoms with Gasteiger partial charge >= 0.3 is 0 Å². The smallest absolute Gasteiger partial charge is 0.264 e. The Morgan fingerprint density at radius 2 is 1.58 bits per heavy atom. The second-order valence-corrected chi connectivity index (χ2v) is 10.8. The van der Waals surface area contributed by atoms with Crippen LogP contribution in [0.2, 0.25) is 5.02 Å². The minimum Gasteiger partial charge on any atom is -0.346 e. The van der Waals surface area contributed by atoms with Crippen LogP contribution < -0.4 is 9.62 Å². The van der Waals surface area contributed by atoms with Crippen LogP contribution in [0.1, 0.15) is 52.9 Å². The van der Waals surface area contributed by atoms with E-state index in [-0.39, 0.29) is 16.8 Å². The second kappa shape index (κ2) is 9.57. The summed E-state index contributed by atoms with van der Waals surface area (Å²) in [6, 6.07) is 18.9. The lowest BCUT2D eigenvalue weighted by Gasteiger charge is -2.21. The molecule has 33 heavy (non-hydrogen) atoms. The number of amides is 1. The number of fused-ring (bicyclic) bond motifs is 1. The van der Waals surface area contributed by atoms with Gasteiger partial charge in [-0.1, -0.05) is 29.8 Å². The van der Waals surface area contributed by atoms with E-state index in [0.717, 1.165) is 18.4 Å². The van der Waals surface area contributed by atoms with Crippen LogP contribution in [0.5, 0.6) is 0 Å². The highest BCUT2D eigenvalue weighted by Gasteiger charge is 2.22. The van der Waals surface area contributed by atoms with E-state index in [4.69, 9.17) is 11.6 Å². The number of nitrogens with one attached hydrogen (secondary N) is 1. The van der Waals surface area contributed by atoms with Crippen molar-refractivity contribution in [1.29, 1.82) is 0 Å². The van der Waals surface area contributed by atoms with E-state index in [0.29, 0.717) is 16.3 Å². The number of anilines is 1. The van der Waals surface area contributed by atoms with Gasteiger partial charge in [0.1, 0.15) is 0 Å². The van der Waals surface area contributed by atoms with Gasteiger partial charge in [0.05, 0.1) is 16.6 Å². The molecule has 3 aromatic rings. The average molecular weight is 483 g/mol. The predicted molar refractivity (Wildman–Crippen MR) is 132 cm³/mol. The monoisotopic (exact) mass is 482 g/mol. The zero-order chi connectivity index (χ0) is 23.6. The summed E-state index contributed by atoms with van der Waals surface area (Å²) in [5.74, 6) is -0.199. The molecule has 1 aliphatic carbocycles. The molecule has 0 aliphatic heterocycles. The molecule has 0 aromatic heterocycles. The van der Waals surface area contributed by atoms with Gasteiger partial charge in [-0.3, -0.25) is 9.10 Å². The Kier molecular flexibility index (Phi) is 6.77.